The maximum Gasteiger partial charge on any atom is 0.305 e. The normalized spacial score (nSPS) is 12.8. The van der Waals surface area contributed by atoms with Crippen LogP contribution in [0.2, 0.25) is 0 Å². The number of carboxylic acids is 1. The second-order valence-electron chi connectivity index (χ2n) is 8.45. The number of nitrogens with one attached hydrogen (secondary N) is 1. The Kier molecular flexibility index (Phi) is 9.11. The second kappa shape index (κ2) is 12.2. The molecular formula is C26H30FN3O5. The topological polar surface area (TPSA) is 125 Å². The maximum absolute atomic E-state index is 13.5. The van der Waals surface area contributed by atoms with Gasteiger partial charge in [0.1, 0.15) is 17.3 Å². The summed E-state index contributed by atoms with van der Waals surface area (Å²) in [4.78, 5) is 28.2. The lowest BCUT2D eigenvalue weighted by molar-refractivity contribution is -0.139. The number of aliphatic hydroxyl groups excluding tert-OH is 2. The van der Waals surface area contributed by atoms with Crippen molar-refractivity contribution < 1.29 is 29.3 Å². The number of amides is 1. The Morgan fingerprint density at radius 1 is 1.06 bits per heavy atom. The first kappa shape index (κ1) is 26.1. The molecule has 3 aromatic rings. The zero-order chi connectivity index (χ0) is 25.4. The summed E-state index contributed by atoms with van der Waals surface area (Å²) in [6.45, 7) is 2.45. The number of halogens is 1. The number of rotatable bonds is 12. The van der Waals surface area contributed by atoms with E-state index >= 15 is 0 Å². The average Bonchev–Trinajstić information content (AvgIpc) is 3.14. The molecule has 35 heavy (non-hydrogen) atoms. The maximum atomic E-state index is 13.5. The largest absolute Gasteiger partial charge is 0.481 e. The van der Waals surface area contributed by atoms with Gasteiger partial charge >= 0.3 is 5.97 Å². The fourth-order valence-corrected chi connectivity index (χ4v) is 3.89. The van der Waals surface area contributed by atoms with Gasteiger partial charge in [-0.2, -0.15) is 0 Å². The summed E-state index contributed by atoms with van der Waals surface area (Å²) in [5.74, 6) is -1.42. The van der Waals surface area contributed by atoms with E-state index in [0.29, 0.717) is 30.0 Å². The van der Waals surface area contributed by atoms with Gasteiger partial charge in [0.2, 0.25) is 0 Å². The third-order valence-corrected chi connectivity index (χ3v) is 5.72. The molecule has 4 N–H and O–H groups in total. The molecule has 2 aromatic carbocycles. The van der Waals surface area contributed by atoms with Gasteiger partial charge in [0.15, 0.2) is 0 Å². The zero-order valence-electron chi connectivity index (χ0n) is 19.5. The molecule has 0 aliphatic heterocycles. The number of hydrogen-bond donors (Lipinski definition) is 4. The van der Waals surface area contributed by atoms with E-state index in [1.807, 2.05) is 30.3 Å². The number of carbonyl (C=O) groups excluding carboxylic acids is 1. The first-order chi connectivity index (χ1) is 16.7. The van der Waals surface area contributed by atoms with Gasteiger partial charge in [-0.25, -0.2) is 9.37 Å². The van der Waals surface area contributed by atoms with E-state index in [4.69, 9.17) is 5.11 Å². The molecule has 0 unspecified atom stereocenters. The summed E-state index contributed by atoms with van der Waals surface area (Å²) < 4.78 is 15.2. The molecule has 0 radical (unpaired) electrons. The van der Waals surface area contributed by atoms with Crippen LogP contribution in [0.3, 0.4) is 0 Å². The highest BCUT2D eigenvalue weighted by Crippen LogP contribution is 2.24. The molecule has 0 bridgehead atoms. The van der Waals surface area contributed by atoms with E-state index in [1.165, 1.54) is 12.1 Å². The van der Waals surface area contributed by atoms with Crippen LogP contribution in [0.4, 0.5) is 4.39 Å². The summed E-state index contributed by atoms with van der Waals surface area (Å²) in [7, 11) is 0. The van der Waals surface area contributed by atoms with Crippen molar-refractivity contribution in [3.63, 3.8) is 0 Å². The summed E-state index contributed by atoms with van der Waals surface area (Å²) in [6.07, 6.45) is -1.77. The van der Waals surface area contributed by atoms with Crippen molar-refractivity contribution in [3.05, 3.63) is 77.4 Å². The molecule has 1 aromatic heterocycles. The Labute approximate surface area is 203 Å². The van der Waals surface area contributed by atoms with E-state index in [0.717, 1.165) is 5.56 Å². The minimum Gasteiger partial charge on any atom is -0.481 e. The molecule has 2 atom stereocenters. The van der Waals surface area contributed by atoms with Gasteiger partial charge in [-0.15, -0.1) is 0 Å². The van der Waals surface area contributed by atoms with Crippen LogP contribution in [0.1, 0.15) is 41.0 Å². The van der Waals surface area contributed by atoms with E-state index < -0.39 is 30.4 Å². The number of aromatic nitrogens is 2. The van der Waals surface area contributed by atoms with Crippen LogP contribution in [-0.2, 0) is 17.8 Å². The Hall–Kier alpha value is -3.56. The Balaban J connectivity index is 1.75. The van der Waals surface area contributed by atoms with Crippen LogP contribution in [-0.4, -0.2) is 55.5 Å². The van der Waals surface area contributed by atoms with Crippen molar-refractivity contribution >= 4 is 11.9 Å². The average molecular weight is 484 g/mol. The van der Waals surface area contributed by atoms with Gasteiger partial charge in [-0.1, -0.05) is 30.3 Å². The molecule has 8 nitrogen and oxygen atoms in total. The van der Waals surface area contributed by atoms with Gasteiger partial charge < -0.3 is 25.2 Å². The summed E-state index contributed by atoms with van der Waals surface area (Å²) in [5.41, 5.74) is 2.52. The minimum atomic E-state index is -1.16. The Morgan fingerprint density at radius 3 is 2.40 bits per heavy atom. The Bertz CT molecular complexity index is 1130. The van der Waals surface area contributed by atoms with Crippen LogP contribution < -0.4 is 5.32 Å². The van der Waals surface area contributed by atoms with Crippen molar-refractivity contribution in [2.24, 2.45) is 0 Å². The van der Waals surface area contributed by atoms with Crippen molar-refractivity contribution in [2.45, 2.75) is 51.4 Å². The molecule has 0 spiro atoms. The molecule has 0 saturated carbocycles. The second-order valence-corrected chi connectivity index (χ2v) is 8.45. The number of aliphatic hydroxyl groups is 2. The summed E-state index contributed by atoms with van der Waals surface area (Å²) >= 11 is 0. The first-order valence-electron chi connectivity index (χ1n) is 11.5. The fourth-order valence-electron chi connectivity index (χ4n) is 3.89. The van der Waals surface area contributed by atoms with E-state index in [2.05, 4.69) is 10.3 Å². The van der Waals surface area contributed by atoms with Gasteiger partial charge in [0.25, 0.3) is 5.91 Å². The fraction of sp³-hybridized carbons (Fsp3) is 0.346. The van der Waals surface area contributed by atoms with E-state index in [1.54, 1.807) is 23.6 Å². The number of nitrogens with zero attached hydrogens (tertiary/aromatic N) is 2. The molecule has 0 aliphatic carbocycles. The molecule has 1 heterocycles. The van der Waals surface area contributed by atoms with Crippen LogP contribution >= 0.6 is 0 Å². The SMILES string of the molecule is Cc1c(C(=O)NCCc2ccccc2)nc(-c2ccc(F)cc2)n1CC[C@@H](O)C[C@@H](O)CC(=O)O. The number of benzene rings is 2. The zero-order valence-corrected chi connectivity index (χ0v) is 19.5. The smallest absolute Gasteiger partial charge is 0.305 e. The molecule has 0 saturated heterocycles. The molecule has 0 fully saturated rings. The van der Waals surface area contributed by atoms with Crippen LogP contribution in [0.15, 0.2) is 54.6 Å². The van der Waals surface area contributed by atoms with Crippen molar-refractivity contribution in [1.29, 1.82) is 0 Å². The highest BCUT2D eigenvalue weighted by Gasteiger charge is 2.22. The number of hydrogen-bond acceptors (Lipinski definition) is 5. The number of aliphatic carboxylic acids is 1. The highest BCUT2D eigenvalue weighted by atomic mass is 19.1. The lowest BCUT2D eigenvalue weighted by Gasteiger charge is -2.16. The minimum absolute atomic E-state index is 0.0846. The van der Waals surface area contributed by atoms with Crippen LogP contribution in [0.5, 0.6) is 0 Å². The van der Waals surface area contributed by atoms with Gasteiger partial charge in [-0.05, 0) is 56.0 Å². The lowest BCUT2D eigenvalue weighted by atomic mass is 10.1. The standard InChI is InChI=1S/C26H30FN3O5/c1-17-24(26(35)28-13-11-18-5-3-2-4-6-18)29-25(19-7-9-20(27)10-8-19)30(17)14-12-21(31)15-22(32)16-23(33)34/h2-10,21-22,31-32H,11-16H2,1H3,(H,28,35)(H,33,34)/t21-,22-/m1/s1. The molecule has 1 amide bonds. The van der Waals surface area contributed by atoms with Crippen molar-refractivity contribution in [1.82, 2.24) is 14.9 Å². The third kappa shape index (κ3) is 7.46. The molecule has 9 heteroatoms. The monoisotopic (exact) mass is 483 g/mol. The predicted molar refractivity (Wildman–Crippen MR) is 128 cm³/mol. The van der Waals surface area contributed by atoms with Gasteiger partial charge in [-0.3, -0.25) is 9.59 Å². The first-order valence-corrected chi connectivity index (χ1v) is 11.5. The molecular weight excluding hydrogens is 453 g/mol. The third-order valence-electron chi connectivity index (χ3n) is 5.72. The van der Waals surface area contributed by atoms with E-state index in [-0.39, 0.29) is 31.0 Å². The Morgan fingerprint density at radius 2 is 1.74 bits per heavy atom. The van der Waals surface area contributed by atoms with Crippen LogP contribution in [0, 0.1) is 12.7 Å². The molecule has 186 valence electrons. The summed E-state index contributed by atoms with van der Waals surface area (Å²) in [6, 6.07) is 15.5. The summed E-state index contributed by atoms with van der Waals surface area (Å²) in [5, 5.41) is 31.8. The number of carbonyl (C=O) groups is 2. The van der Waals surface area contributed by atoms with Crippen molar-refractivity contribution in [2.75, 3.05) is 6.54 Å². The number of carboxylic acid groups (broad SMARTS) is 1. The predicted octanol–water partition coefficient (Wildman–Crippen LogP) is 2.95. The van der Waals surface area contributed by atoms with Crippen LogP contribution in [0.25, 0.3) is 11.4 Å². The van der Waals surface area contributed by atoms with Gasteiger partial charge in [0.05, 0.1) is 18.6 Å². The van der Waals surface area contributed by atoms with Crippen molar-refractivity contribution in [3.8, 4) is 11.4 Å². The highest BCUT2D eigenvalue weighted by molar-refractivity contribution is 5.94. The van der Waals surface area contributed by atoms with Gasteiger partial charge in [0, 0.05) is 24.3 Å². The molecule has 3 rings (SSSR count). The van der Waals surface area contributed by atoms with E-state index in [9.17, 15) is 24.2 Å². The molecule has 0 aliphatic rings. The quantitative estimate of drug-likeness (QED) is 0.314. The number of imidazole rings is 1. The lowest BCUT2D eigenvalue weighted by Crippen LogP contribution is -2.27.